The van der Waals surface area contributed by atoms with Crippen molar-refractivity contribution in [2.24, 2.45) is 11.7 Å². The van der Waals surface area contributed by atoms with E-state index < -0.39 is 17.2 Å². The zero-order valence-corrected chi connectivity index (χ0v) is 14.7. The molecule has 1 atom stereocenters. The molecule has 138 valence electrons. The molecule has 0 radical (unpaired) electrons. The molecule has 1 aliphatic heterocycles. The van der Waals surface area contributed by atoms with Crippen molar-refractivity contribution in [2.45, 2.75) is 32.2 Å². The van der Waals surface area contributed by atoms with Crippen LogP contribution in [0.15, 0.2) is 17.1 Å². The van der Waals surface area contributed by atoms with Crippen molar-refractivity contribution in [3.8, 4) is 0 Å². The van der Waals surface area contributed by atoms with E-state index in [-0.39, 0.29) is 17.0 Å². The first-order valence-corrected chi connectivity index (χ1v) is 8.98. The molecule has 2 heterocycles. The lowest BCUT2D eigenvalue weighted by atomic mass is 10.0. The van der Waals surface area contributed by atoms with Crippen LogP contribution in [0.4, 0.5) is 10.1 Å². The summed E-state index contributed by atoms with van der Waals surface area (Å²) in [6, 6.07) is 1.38. The zero-order chi connectivity index (χ0) is 18.6. The Morgan fingerprint density at radius 2 is 2.12 bits per heavy atom. The van der Waals surface area contributed by atoms with Gasteiger partial charge in [-0.2, -0.15) is 0 Å². The fourth-order valence-corrected chi connectivity index (χ4v) is 4.08. The number of nitrogens with two attached hydrogens (primary N) is 1. The first-order chi connectivity index (χ1) is 12.4. The van der Waals surface area contributed by atoms with Crippen LogP contribution in [-0.4, -0.2) is 35.3 Å². The smallest absolute Gasteiger partial charge is 0.341 e. The first kappa shape index (κ1) is 17.0. The highest BCUT2D eigenvalue weighted by Gasteiger charge is 2.31. The van der Waals surface area contributed by atoms with Crippen molar-refractivity contribution >= 4 is 22.6 Å². The predicted molar refractivity (Wildman–Crippen MR) is 97.5 cm³/mol. The van der Waals surface area contributed by atoms with Crippen molar-refractivity contribution in [1.29, 1.82) is 0 Å². The maximum atomic E-state index is 15.0. The summed E-state index contributed by atoms with van der Waals surface area (Å²) in [5.74, 6) is -1.42. The van der Waals surface area contributed by atoms with Gasteiger partial charge in [-0.05, 0) is 50.3 Å². The van der Waals surface area contributed by atoms with Gasteiger partial charge in [-0.3, -0.25) is 4.79 Å². The number of fused-ring (bicyclic) bond motifs is 1. The fraction of sp³-hybridized carbons (Fsp3) is 0.474. The Morgan fingerprint density at radius 3 is 2.69 bits per heavy atom. The minimum atomic E-state index is -1.28. The van der Waals surface area contributed by atoms with Crippen molar-refractivity contribution in [2.75, 3.05) is 24.5 Å². The van der Waals surface area contributed by atoms with E-state index in [0.29, 0.717) is 35.8 Å². The average molecular weight is 359 g/mol. The van der Waals surface area contributed by atoms with Gasteiger partial charge in [-0.25, -0.2) is 9.18 Å². The molecule has 1 aliphatic carbocycles. The molecule has 7 heteroatoms. The second-order valence-electron chi connectivity index (χ2n) is 7.38. The monoisotopic (exact) mass is 359 g/mol. The van der Waals surface area contributed by atoms with Crippen LogP contribution in [-0.2, 0) is 0 Å². The van der Waals surface area contributed by atoms with Gasteiger partial charge < -0.3 is 20.3 Å². The zero-order valence-electron chi connectivity index (χ0n) is 14.7. The van der Waals surface area contributed by atoms with E-state index in [4.69, 9.17) is 5.73 Å². The second kappa shape index (κ2) is 6.09. The minimum absolute atomic E-state index is 0.144. The molecule has 1 saturated carbocycles. The number of halogens is 1. The van der Waals surface area contributed by atoms with Crippen LogP contribution in [0.5, 0.6) is 0 Å². The molecule has 6 nitrogen and oxygen atoms in total. The number of benzene rings is 1. The third-order valence-corrected chi connectivity index (χ3v) is 5.58. The third kappa shape index (κ3) is 2.58. The minimum Gasteiger partial charge on any atom is -0.477 e. The lowest BCUT2D eigenvalue weighted by molar-refractivity contribution is 0.0695. The molecular weight excluding hydrogens is 337 g/mol. The molecule has 2 fully saturated rings. The first-order valence-electron chi connectivity index (χ1n) is 8.98. The van der Waals surface area contributed by atoms with Crippen molar-refractivity contribution < 1.29 is 14.3 Å². The van der Waals surface area contributed by atoms with E-state index >= 15 is 0 Å². The number of rotatable bonds is 4. The Balaban J connectivity index is 1.97. The van der Waals surface area contributed by atoms with Crippen LogP contribution < -0.4 is 16.1 Å². The van der Waals surface area contributed by atoms with Gasteiger partial charge in [-0.1, -0.05) is 0 Å². The summed E-state index contributed by atoms with van der Waals surface area (Å²) >= 11 is 0. The molecule has 1 unspecified atom stereocenters. The number of carbonyl (C=O) groups is 1. The number of pyridine rings is 1. The standard InChI is InChI=1S/C19H22FN3O3/c1-10-16-13(6-15(20)17(10)22-5-4-11(7-21)8-22)18(24)14(19(25)26)9-23(16)12-2-3-12/h6,9,11-12H,2-5,7-8,21H2,1H3,(H,25,26). The maximum absolute atomic E-state index is 15.0. The topological polar surface area (TPSA) is 88.6 Å². The number of anilines is 1. The molecule has 3 N–H and O–H groups in total. The number of aromatic nitrogens is 1. The van der Waals surface area contributed by atoms with Crippen LogP contribution >= 0.6 is 0 Å². The summed E-state index contributed by atoms with van der Waals surface area (Å²) in [5.41, 5.74) is 6.67. The van der Waals surface area contributed by atoms with E-state index in [1.54, 1.807) is 0 Å². The molecular formula is C19H22FN3O3. The van der Waals surface area contributed by atoms with E-state index in [1.165, 1.54) is 12.3 Å². The summed E-state index contributed by atoms with van der Waals surface area (Å²) in [6.45, 7) is 3.81. The highest BCUT2D eigenvalue weighted by atomic mass is 19.1. The Bertz CT molecular complexity index is 965. The summed E-state index contributed by atoms with van der Waals surface area (Å²) in [6.07, 6.45) is 4.21. The van der Waals surface area contributed by atoms with Crippen LogP contribution in [0.2, 0.25) is 0 Å². The summed E-state index contributed by atoms with van der Waals surface area (Å²) in [4.78, 5) is 26.1. The van der Waals surface area contributed by atoms with Crippen molar-refractivity contribution in [3.63, 3.8) is 0 Å². The average Bonchev–Trinajstić information content (AvgIpc) is 3.33. The molecule has 4 rings (SSSR count). The Hall–Kier alpha value is -2.41. The van der Waals surface area contributed by atoms with Gasteiger partial charge in [0, 0.05) is 30.7 Å². The third-order valence-electron chi connectivity index (χ3n) is 5.58. The quantitative estimate of drug-likeness (QED) is 0.874. The van der Waals surface area contributed by atoms with Gasteiger partial charge >= 0.3 is 5.97 Å². The largest absolute Gasteiger partial charge is 0.477 e. The second-order valence-corrected chi connectivity index (χ2v) is 7.38. The number of hydrogen-bond acceptors (Lipinski definition) is 4. The van der Waals surface area contributed by atoms with Crippen molar-refractivity contribution in [3.05, 3.63) is 39.4 Å². The normalized spacial score (nSPS) is 20.1. The Labute approximate surface area is 150 Å². The molecule has 2 aromatic rings. The van der Waals surface area contributed by atoms with Crippen LogP contribution in [0.1, 0.15) is 41.2 Å². The van der Waals surface area contributed by atoms with E-state index in [2.05, 4.69) is 0 Å². The van der Waals surface area contributed by atoms with Gasteiger partial charge in [0.2, 0.25) is 5.43 Å². The Kier molecular flexibility index (Phi) is 3.99. The molecule has 1 aromatic heterocycles. The summed E-state index contributed by atoms with van der Waals surface area (Å²) in [5, 5.41) is 9.49. The van der Waals surface area contributed by atoms with Gasteiger partial charge in [0.05, 0.1) is 11.2 Å². The molecule has 1 aromatic carbocycles. The summed E-state index contributed by atoms with van der Waals surface area (Å²) in [7, 11) is 0. The van der Waals surface area contributed by atoms with Gasteiger partial charge in [0.1, 0.15) is 11.4 Å². The number of nitrogens with zero attached hydrogens (tertiary/aromatic N) is 2. The fourth-order valence-electron chi connectivity index (χ4n) is 4.08. The predicted octanol–water partition coefficient (Wildman–Crippen LogP) is 2.27. The van der Waals surface area contributed by atoms with Crippen LogP contribution in [0.3, 0.4) is 0 Å². The molecule has 2 aliphatic rings. The van der Waals surface area contributed by atoms with Crippen molar-refractivity contribution in [1.82, 2.24) is 4.57 Å². The van der Waals surface area contributed by atoms with E-state index in [1.807, 2.05) is 16.4 Å². The maximum Gasteiger partial charge on any atom is 0.341 e. The highest BCUT2D eigenvalue weighted by molar-refractivity contribution is 5.95. The summed E-state index contributed by atoms with van der Waals surface area (Å²) < 4.78 is 16.8. The SMILES string of the molecule is Cc1c(N2CCC(CN)C2)c(F)cc2c(=O)c(C(=O)O)cn(C3CC3)c12. The van der Waals surface area contributed by atoms with Gasteiger partial charge in [0.15, 0.2) is 0 Å². The van der Waals surface area contributed by atoms with Gasteiger partial charge in [0.25, 0.3) is 0 Å². The Morgan fingerprint density at radius 1 is 1.38 bits per heavy atom. The van der Waals surface area contributed by atoms with E-state index in [0.717, 1.165) is 25.8 Å². The number of carboxylic acids is 1. The lowest BCUT2D eigenvalue weighted by Gasteiger charge is -2.24. The van der Waals surface area contributed by atoms with E-state index in [9.17, 15) is 19.1 Å². The molecule has 0 amide bonds. The highest BCUT2D eigenvalue weighted by Crippen LogP contribution is 2.40. The number of aromatic carboxylic acids is 1. The molecule has 0 spiro atoms. The lowest BCUT2D eigenvalue weighted by Crippen LogP contribution is -2.25. The number of aryl methyl sites for hydroxylation is 1. The van der Waals surface area contributed by atoms with Crippen LogP contribution in [0, 0.1) is 18.7 Å². The molecule has 26 heavy (non-hydrogen) atoms. The molecule has 1 saturated heterocycles. The molecule has 0 bridgehead atoms. The van der Waals surface area contributed by atoms with Crippen LogP contribution in [0.25, 0.3) is 10.9 Å². The number of hydrogen-bond donors (Lipinski definition) is 2. The number of carboxylic acid groups (broad SMARTS) is 1. The van der Waals surface area contributed by atoms with Gasteiger partial charge in [-0.15, -0.1) is 0 Å².